The third-order valence-electron chi connectivity index (χ3n) is 3.17. The number of aliphatic hydroxyl groups excluding tert-OH is 1. The fourth-order valence-corrected chi connectivity index (χ4v) is 2.15. The third kappa shape index (κ3) is 4.52. The van der Waals surface area contributed by atoms with E-state index < -0.39 is 12.1 Å². The van der Waals surface area contributed by atoms with Gasteiger partial charge in [0.25, 0.3) is 0 Å². The topological polar surface area (TPSA) is 89.9 Å². The SMILES string of the molecule is CC1(C)CCCN(C(=O)NCC[C@H](O)C(=O)O)C1. The minimum Gasteiger partial charge on any atom is -0.479 e. The molecule has 0 saturated carbocycles. The number of nitrogens with zero attached hydrogens (tertiary/aromatic N) is 1. The molecule has 6 nitrogen and oxygen atoms in total. The second-order valence-corrected chi connectivity index (χ2v) is 5.56. The van der Waals surface area contributed by atoms with Gasteiger partial charge in [-0.25, -0.2) is 9.59 Å². The summed E-state index contributed by atoms with van der Waals surface area (Å²) in [5, 5.41) is 20.2. The molecule has 104 valence electrons. The number of aliphatic hydroxyl groups is 1. The highest BCUT2D eigenvalue weighted by molar-refractivity contribution is 5.75. The minimum atomic E-state index is -1.41. The summed E-state index contributed by atoms with van der Waals surface area (Å²) < 4.78 is 0. The zero-order chi connectivity index (χ0) is 13.8. The number of nitrogens with one attached hydrogen (secondary N) is 1. The Labute approximate surface area is 107 Å². The molecule has 18 heavy (non-hydrogen) atoms. The van der Waals surface area contributed by atoms with Crippen LogP contribution in [0.1, 0.15) is 33.1 Å². The molecule has 0 aromatic heterocycles. The number of amides is 2. The number of carbonyl (C=O) groups excluding carboxylic acids is 1. The molecule has 1 heterocycles. The number of urea groups is 1. The van der Waals surface area contributed by atoms with Crippen molar-refractivity contribution in [2.75, 3.05) is 19.6 Å². The van der Waals surface area contributed by atoms with E-state index in [0.717, 1.165) is 19.4 Å². The Hall–Kier alpha value is -1.30. The Balaban J connectivity index is 2.30. The predicted molar refractivity (Wildman–Crippen MR) is 66.2 cm³/mol. The second kappa shape index (κ2) is 6.04. The van der Waals surface area contributed by atoms with Gasteiger partial charge in [-0.1, -0.05) is 13.8 Å². The lowest BCUT2D eigenvalue weighted by atomic mass is 9.84. The van der Waals surface area contributed by atoms with E-state index in [1.165, 1.54) is 0 Å². The van der Waals surface area contributed by atoms with E-state index >= 15 is 0 Å². The molecule has 1 aliphatic heterocycles. The molecule has 0 spiro atoms. The average Bonchev–Trinajstić information content (AvgIpc) is 2.27. The van der Waals surface area contributed by atoms with Gasteiger partial charge >= 0.3 is 12.0 Å². The number of rotatable bonds is 4. The van der Waals surface area contributed by atoms with Gasteiger partial charge in [0.15, 0.2) is 6.10 Å². The summed E-state index contributed by atoms with van der Waals surface area (Å²) in [5.41, 5.74) is 0.135. The van der Waals surface area contributed by atoms with Crippen LogP contribution in [0.4, 0.5) is 4.79 Å². The first kappa shape index (κ1) is 14.8. The average molecular weight is 258 g/mol. The Morgan fingerprint density at radius 3 is 2.67 bits per heavy atom. The van der Waals surface area contributed by atoms with Crippen molar-refractivity contribution < 1.29 is 19.8 Å². The molecule has 0 radical (unpaired) electrons. The third-order valence-corrected chi connectivity index (χ3v) is 3.17. The van der Waals surface area contributed by atoms with Gasteiger partial charge in [0.05, 0.1) is 0 Å². The van der Waals surface area contributed by atoms with Gasteiger partial charge in [0, 0.05) is 26.1 Å². The Morgan fingerprint density at radius 2 is 2.11 bits per heavy atom. The van der Waals surface area contributed by atoms with Crippen LogP contribution in [0.5, 0.6) is 0 Å². The van der Waals surface area contributed by atoms with Crippen molar-refractivity contribution in [2.24, 2.45) is 5.41 Å². The highest BCUT2D eigenvalue weighted by Gasteiger charge is 2.28. The maximum absolute atomic E-state index is 11.8. The second-order valence-electron chi connectivity index (χ2n) is 5.56. The summed E-state index contributed by atoms with van der Waals surface area (Å²) in [4.78, 5) is 24.0. The van der Waals surface area contributed by atoms with E-state index in [1.807, 2.05) is 0 Å². The summed E-state index contributed by atoms with van der Waals surface area (Å²) in [7, 11) is 0. The van der Waals surface area contributed by atoms with Crippen molar-refractivity contribution in [3.8, 4) is 0 Å². The molecule has 1 atom stereocenters. The number of likely N-dealkylation sites (tertiary alicyclic amines) is 1. The highest BCUT2D eigenvalue weighted by atomic mass is 16.4. The molecule has 6 heteroatoms. The van der Waals surface area contributed by atoms with Crippen molar-refractivity contribution in [1.29, 1.82) is 0 Å². The van der Waals surface area contributed by atoms with Crippen LogP contribution in [0.15, 0.2) is 0 Å². The van der Waals surface area contributed by atoms with Gasteiger partial charge in [-0.05, 0) is 18.3 Å². The van der Waals surface area contributed by atoms with E-state index in [9.17, 15) is 9.59 Å². The van der Waals surface area contributed by atoms with E-state index in [0.29, 0.717) is 6.54 Å². The molecular formula is C12H22N2O4. The Bertz CT molecular complexity index is 317. The highest BCUT2D eigenvalue weighted by Crippen LogP contribution is 2.28. The maximum Gasteiger partial charge on any atom is 0.332 e. The molecular weight excluding hydrogens is 236 g/mol. The number of carboxylic acids is 1. The fraction of sp³-hybridized carbons (Fsp3) is 0.833. The van der Waals surface area contributed by atoms with E-state index in [1.54, 1.807) is 4.90 Å². The molecule has 3 N–H and O–H groups in total. The predicted octanol–water partition coefficient (Wildman–Crippen LogP) is 0.654. The molecule has 2 amide bonds. The molecule has 1 rings (SSSR count). The number of carboxylic acid groups (broad SMARTS) is 1. The number of hydrogen-bond acceptors (Lipinski definition) is 3. The first-order chi connectivity index (χ1) is 8.32. The smallest absolute Gasteiger partial charge is 0.332 e. The summed E-state index contributed by atoms with van der Waals surface area (Å²) in [6.07, 6.45) is 0.702. The fourth-order valence-electron chi connectivity index (χ4n) is 2.15. The molecule has 0 unspecified atom stereocenters. The number of aliphatic carboxylic acids is 1. The summed E-state index contributed by atoms with van der Waals surface area (Å²) >= 11 is 0. The lowest BCUT2D eigenvalue weighted by molar-refractivity contribution is -0.146. The van der Waals surface area contributed by atoms with E-state index in [4.69, 9.17) is 10.2 Å². The summed E-state index contributed by atoms with van der Waals surface area (Å²) in [6, 6.07) is -0.180. The normalized spacial score (nSPS) is 20.3. The van der Waals surface area contributed by atoms with Crippen molar-refractivity contribution >= 4 is 12.0 Å². The van der Waals surface area contributed by atoms with Gasteiger partial charge in [-0.3, -0.25) is 0 Å². The van der Waals surface area contributed by atoms with Crippen LogP contribution < -0.4 is 5.32 Å². The standard InChI is InChI=1S/C12H22N2O4/c1-12(2)5-3-7-14(8-12)11(18)13-6-4-9(15)10(16)17/h9,15H,3-8H2,1-2H3,(H,13,18)(H,16,17)/t9-/m0/s1. The van der Waals surface area contributed by atoms with Gasteiger partial charge in [0.1, 0.15) is 0 Å². The van der Waals surface area contributed by atoms with Gasteiger partial charge < -0.3 is 20.4 Å². The quantitative estimate of drug-likeness (QED) is 0.690. The van der Waals surface area contributed by atoms with Crippen molar-refractivity contribution in [3.05, 3.63) is 0 Å². The summed E-state index contributed by atoms with van der Waals surface area (Å²) in [6.45, 7) is 5.86. The van der Waals surface area contributed by atoms with Gasteiger partial charge in [-0.15, -0.1) is 0 Å². The van der Waals surface area contributed by atoms with E-state index in [-0.39, 0.29) is 24.4 Å². The Morgan fingerprint density at radius 1 is 1.44 bits per heavy atom. The van der Waals surface area contributed by atoms with Crippen LogP contribution >= 0.6 is 0 Å². The van der Waals surface area contributed by atoms with Crippen LogP contribution in [0.3, 0.4) is 0 Å². The minimum absolute atomic E-state index is 0.0261. The van der Waals surface area contributed by atoms with Crippen LogP contribution in [0.2, 0.25) is 0 Å². The maximum atomic E-state index is 11.8. The summed E-state index contributed by atoms with van der Waals surface area (Å²) in [5.74, 6) is -1.26. The van der Waals surface area contributed by atoms with Crippen LogP contribution in [-0.2, 0) is 4.79 Å². The van der Waals surface area contributed by atoms with Crippen molar-refractivity contribution in [3.63, 3.8) is 0 Å². The molecule has 1 aliphatic rings. The Kier molecular flexibility index (Phi) is 4.95. The number of piperidine rings is 1. The van der Waals surface area contributed by atoms with Crippen molar-refractivity contribution in [2.45, 2.75) is 39.2 Å². The van der Waals surface area contributed by atoms with Crippen LogP contribution in [0, 0.1) is 5.41 Å². The molecule has 0 aromatic carbocycles. The number of carbonyl (C=O) groups is 2. The first-order valence-corrected chi connectivity index (χ1v) is 6.25. The first-order valence-electron chi connectivity index (χ1n) is 6.25. The molecule has 1 saturated heterocycles. The molecule has 0 bridgehead atoms. The van der Waals surface area contributed by atoms with Gasteiger partial charge in [0.2, 0.25) is 0 Å². The monoisotopic (exact) mass is 258 g/mol. The van der Waals surface area contributed by atoms with Gasteiger partial charge in [-0.2, -0.15) is 0 Å². The lowest BCUT2D eigenvalue weighted by Gasteiger charge is -2.37. The lowest BCUT2D eigenvalue weighted by Crippen LogP contribution is -2.48. The zero-order valence-corrected chi connectivity index (χ0v) is 11.0. The zero-order valence-electron chi connectivity index (χ0n) is 11.0. The largest absolute Gasteiger partial charge is 0.479 e. The molecule has 1 fully saturated rings. The number of hydrogen-bond donors (Lipinski definition) is 3. The molecule has 0 aliphatic carbocycles. The van der Waals surface area contributed by atoms with Crippen molar-refractivity contribution in [1.82, 2.24) is 10.2 Å². The van der Waals surface area contributed by atoms with Crippen LogP contribution in [-0.4, -0.2) is 52.9 Å². The van der Waals surface area contributed by atoms with Crippen LogP contribution in [0.25, 0.3) is 0 Å². The molecule has 0 aromatic rings. The van der Waals surface area contributed by atoms with E-state index in [2.05, 4.69) is 19.2 Å².